The van der Waals surface area contributed by atoms with E-state index in [4.69, 9.17) is 5.73 Å². The Kier molecular flexibility index (Phi) is 6.05. The highest BCUT2D eigenvalue weighted by molar-refractivity contribution is 7.99. The van der Waals surface area contributed by atoms with Gasteiger partial charge in [0.25, 0.3) is 0 Å². The summed E-state index contributed by atoms with van der Waals surface area (Å²) in [5, 5.41) is -0.177. The van der Waals surface area contributed by atoms with Gasteiger partial charge in [0.15, 0.2) is 0 Å². The van der Waals surface area contributed by atoms with Crippen molar-refractivity contribution in [1.82, 2.24) is 0 Å². The minimum Gasteiger partial charge on any atom is -0.323 e. The first-order valence-corrected chi connectivity index (χ1v) is 11.5. The topological polar surface area (TPSA) is 60.2 Å². The molecule has 0 amide bonds. The van der Waals surface area contributed by atoms with E-state index in [0.29, 0.717) is 9.79 Å². The minimum atomic E-state index is -3.63. The van der Waals surface area contributed by atoms with Crippen LogP contribution in [0.4, 0.5) is 0 Å². The fraction of sp³-hybridized carbons (Fsp3) is 0.182. The van der Waals surface area contributed by atoms with E-state index < -0.39 is 9.84 Å². The predicted molar refractivity (Wildman–Crippen MR) is 113 cm³/mol. The van der Waals surface area contributed by atoms with Crippen molar-refractivity contribution < 1.29 is 8.42 Å². The molecule has 0 aliphatic rings. The first-order valence-electron chi connectivity index (χ1n) is 8.69. The van der Waals surface area contributed by atoms with Crippen molar-refractivity contribution in [1.29, 1.82) is 0 Å². The molecule has 27 heavy (non-hydrogen) atoms. The van der Waals surface area contributed by atoms with Gasteiger partial charge in [-0.05, 0) is 42.5 Å². The maximum atomic E-state index is 13.3. The second-order valence-corrected chi connectivity index (χ2v) is 9.34. The van der Waals surface area contributed by atoms with Crippen molar-refractivity contribution in [2.24, 2.45) is 5.73 Å². The molecule has 0 aliphatic carbocycles. The zero-order valence-electron chi connectivity index (χ0n) is 15.4. The Bertz CT molecular complexity index is 1000. The normalized spacial score (nSPS) is 13.9. The van der Waals surface area contributed by atoms with E-state index in [1.165, 1.54) is 0 Å². The van der Waals surface area contributed by atoms with Gasteiger partial charge >= 0.3 is 0 Å². The Morgan fingerprint density at radius 3 is 2.07 bits per heavy atom. The Hall–Kier alpha value is -2.08. The highest BCUT2D eigenvalue weighted by atomic mass is 32.2. The lowest BCUT2D eigenvalue weighted by molar-refractivity contribution is 0.593. The molecule has 2 N–H and O–H groups in total. The molecule has 3 aromatic rings. The summed E-state index contributed by atoms with van der Waals surface area (Å²) in [6.07, 6.45) is 1.96. The molecule has 0 heterocycles. The van der Waals surface area contributed by atoms with Crippen molar-refractivity contribution in [3.63, 3.8) is 0 Å². The van der Waals surface area contributed by atoms with Gasteiger partial charge in [0, 0.05) is 11.3 Å². The monoisotopic (exact) mass is 397 g/mol. The summed E-state index contributed by atoms with van der Waals surface area (Å²) < 4.78 is 26.6. The Morgan fingerprint density at radius 2 is 1.44 bits per heavy atom. The molecular weight excluding hydrogens is 374 g/mol. The third kappa shape index (κ3) is 4.10. The summed E-state index contributed by atoms with van der Waals surface area (Å²) >= 11 is 1.56. The van der Waals surface area contributed by atoms with Crippen LogP contribution in [0.15, 0.2) is 88.7 Å². The summed E-state index contributed by atoms with van der Waals surface area (Å²) in [5.74, 6) is 0. The summed E-state index contributed by atoms with van der Waals surface area (Å²) in [4.78, 5) is 0.619. The number of benzene rings is 3. The molecule has 0 fully saturated rings. The number of aryl methyl sites for hydroxylation is 1. The van der Waals surface area contributed by atoms with Crippen molar-refractivity contribution in [3.05, 3.63) is 95.6 Å². The average Bonchev–Trinajstić information content (AvgIpc) is 2.70. The molecule has 0 radical (unpaired) electrons. The summed E-state index contributed by atoms with van der Waals surface area (Å²) in [5.41, 5.74) is 9.28. The molecule has 140 valence electrons. The van der Waals surface area contributed by atoms with Crippen LogP contribution >= 0.6 is 11.8 Å². The van der Waals surface area contributed by atoms with Crippen LogP contribution in [0.1, 0.15) is 28.0 Å². The molecule has 3 nitrogen and oxygen atoms in total. The summed E-state index contributed by atoms with van der Waals surface area (Å²) in [6.45, 7) is 1.94. The molecule has 3 rings (SSSR count). The van der Waals surface area contributed by atoms with E-state index in [-0.39, 0.29) is 11.3 Å². The molecule has 0 bridgehead atoms. The molecule has 0 saturated carbocycles. The zero-order chi connectivity index (χ0) is 19.4. The lowest BCUT2D eigenvalue weighted by Gasteiger charge is -2.25. The highest BCUT2D eigenvalue weighted by Gasteiger charge is 2.28. The predicted octanol–water partition coefficient (Wildman–Crippen LogP) is 4.93. The Labute approximate surface area is 165 Å². The number of hydrogen-bond acceptors (Lipinski definition) is 4. The van der Waals surface area contributed by atoms with Gasteiger partial charge in [0.1, 0.15) is 0 Å². The number of thioether (sulfide) groups is 1. The standard InChI is InChI=1S/C22H23NO2S2/c1-16-12-14-18(15-13-16)27(24,25)20-11-7-6-10-19(20)22(26-2)21(23)17-8-4-3-5-9-17/h3-15,21-22H,23H2,1-2H3. The number of sulfone groups is 1. The van der Waals surface area contributed by atoms with Gasteiger partial charge in [-0.3, -0.25) is 0 Å². The van der Waals surface area contributed by atoms with Crippen LogP contribution in [0, 0.1) is 6.92 Å². The van der Waals surface area contributed by atoms with Crippen molar-refractivity contribution >= 4 is 21.6 Å². The second-order valence-electron chi connectivity index (χ2n) is 6.45. The smallest absolute Gasteiger partial charge is 0.206 e. The van der Waals surface area contributed by atoms with E-state index >= 15 is 0 Å². The lowest BCUT2D eigenvalue weighted by Crippen LogP contribution is -2.19. The largest absolute Gasteiger partial charge is 0.323 e. The first kappa shape index (κ1) is 19.7. The van der Waals surface area contributed by atoms with Crippen LogP contribution in [-0.2, 0) is 9.84 Å². The van der Waals surface area contributed by atoms with E-state index in [0.717, 1.165) is 16.7 Å². The summed E-state index contributed by atoms with van der Waals surface area (Å²) in [6, 6.07) is 23.6. The Balaban J connectivity index is 2.08. The van der Waals surface area contributed by atoms with Gasteiger partial charge < -0.3 is 5.73 Å². The first-order chi connectivity index (χ1) is 12.9. The minimum absolute atomic E-state index is 0.177. The molecule has 2 atom stereocenters. The van der Waals surface area contributed by atoms with Crippen LogP contribution in [0.2, 0.25) is 0 Å². The molecule has 3 aromatic carbocycles. The van der Waals surface area contributed by atoms with Gasteiger partial charge in [-0.2, -0.15) is 11.8 Å². The van der Waals surface area contributed by atoms with Gasteiger partial charge in [-0.1, -0.05) is 66.2 Å². The quantitative estimate of drug-likeness (QED) is 0.640. The van der Waals surface area contributed by atoms with Crippen molar-refractivity contribution in [2.75, 3.05) is 6.26 Å². The molecule has 0 aliphatic heterocycles. The van der Waals surface area contributed by atoms with Crippen molar-refractivity contribution in [2.45, 2.75) is 28.0 Å². The number of hydrogen-bond donors (Lipinski definition) is 1. The third-order valence-corrected chi connectivity index (χ3v) is 7.51. The van der Waals surface area contributed by atoms with Gasteiger partial charge in [0.2, 0.25) is 9.84 Å². The van der Waals surface area contributed by atoms with Gasteiger partial charge in [-0.15, -0.1) is 0 Å². The fourth-order valence-electron chi connectivity index (χ4n) is 3.12. The molecule has 2 unspecified atom stereocenters. The van der Waals surface area contributed by atoms with Crippen LogP contribution in [0.5, 0.6) is 0 Å². The molecule has 0 aromatic heterocycles. The maximum absolute atomic E-state index is 13.3. The average molecular weight is 398 g/mol. The van der Waals surface area contributed by atoms with Gasteiger partial charge in [0.05, 0.1) is 9.79 Å². The number of rotatable bonds is 6. The van der Waals surface area contributed by atoms with Crippen molar-refractivity contribution in [3.8, 4) is 0 Å². The number of nitrogens with two attached hydrogens (primary N) is 1. The van der Waals surface area contributed by atoms with Crippen LogP contribution in [0.25, 0.3) is 0 Å². The summed E-state index contributed by atoms with van der Waals surface area (Å²) in [7, 11) is -3.63. The zero-order valence-corrected chi connectivity index (χ0v) is 17.0. The maximum Gasteiger partial charge on any atom is 0.206 e. The molecule has 0 saturated heterocycles. The van der Waals surface area contributed by atoms with Gasteiger partial charge in [-0.25, -0.2) is 8.42 Å². The van der Waals surface area contributed by atoms with Crippen LogP contribution in [0.3, 0.4) is 0 Å². The molecular formula is C22H23NO2S2. The highest BCUT2D eigenvalue weighted by Crippen LogP contribution is 2.41. The van der Waals surface area contributed by atoms with Crippen LogP contribution in [-0.4, -0.2) is 14.7 Å². The molecule has 5 heteroatoms. The van der Waals surface area contributed by atoms with E-state index in [2.05, 4.69) is 0 Å². The fourth-order valence-corrected chi connectivity index (χ4v) is 5.62. The van der Waals surface area contributed by atoms with E-state index in [1.807, 2.05) is 67.8 Å². The third-order valence-electron chi connectivity index (χ3n) is 4.61. The van der Waals surface area contributed by atoms with E-state index in [9.17, 15) is 8.42 Å². The second kappa shape index (κ2) is 8.30. The Morgan fingerprint density at radius 1 is 0.852 bits per heavy atom. The van der Waals surface area contributed by atoms with E-state index in [1.54, 1.807) is 36.0 Å². The lowest BCUT2D eigenvalue weighted by atomic mass is 9.99. The molecule has 0 spiro atoms. The SMILES string of the molecule is CSC(c1ccccc1S(=O)(=O)c1ccc(C)cc1)C(N)c1ccccc1. The van der Waals surface area contributed by atoms with Crippen LogP contribution < -0.4 is 5.73 Å².